The number of benzene rings is 1. The number of hydrogen-bond donors (Lipinski definition) is 0. The fourth-order valence-corrected chi connectivity index (χ4v) is 2.14. The highest BCUT2D eigenvalue weighted by atomic mass is 16.3. The van der Waals surface area contributed by atoms with Crippen molar-refractivity contribution < 1.29 is 4.42 Å². The molecule has 0 bridgehead atoms. The van der Waals surface area contributed by atoms with Gasteiger partial charge in [-0.05, 0) is 43.2 Å². The number of nitrogens with zero attached hydrogens (tertiary/aromatic N) is 2. The zero-order chi connectivity index (χ0) is 12.4. The third kappa shape index (κ3) is 2.23. The normalized spacial score (nSPS) is 14.2. The second-order valence-corrected chi connectivity index (χ2v) is 4.60. The fourth-order valence-electron chi connectivity index (χ4n) is 2.14. The van der Waals surface area contributed by atoms with Gasteiger partial charge in [0.15, 0.2) is 0 Å². The van der Waals surface area contributed by atoms with Crippen molar-refractivity contribution in [1.29, 1.82) is 5.26 Å². The Kier molecular flexibility index (Phi) is 2.77. The van der Waals surface area contributed by atoms with Gasteiger partial charge in [0.1, 0.15) is 5.76 Å². The van der Waals surface area contributed by atoms with Gasteiger partial charge in [-0.3, -0.25) is 0 Å². The Bertz CT molecular complexity index is 564. The van der Waals surface area contributed by atoms with Gasteiger partial charge in [-0.1, -0.05) is 6.07 Å². The summed E-state index contributed by atoms with van der Waals surface area (Å²) in [5.41, 5.74) is 1.81. The van der Waals surface area contributed by atoms with Gasteiger partial charge in [-0.25, -0.2) is 0 Å². The van der Waals surface area contributed by atoms with E-state index in [1.54, 1.807) is 6.26 Å². The number of hydrogen-bond acceptors (Lipinski definition) is 3. The first kappa shape index (κ1) is 10.9. The molecule has 3 rings (SSSR count). The average Bonchev–Trinajstić information content (AvgIpc) is 3.13. The fraction of sp³-hybridized carbons (Fsp3) is 0.267. The van der Waals surface area contributed by atoms with Crippen LogP contribution in [0.15, 0.2) is 47.1 Å². The second kappa shape index (κ2) is 4.58. The molecule has 1 fully saturated rings. The molecule has 2 aromatic rings. The van der Waals surface area contributed by atoms with Crippen molar-refractivity contribution in [3.05, 3.63) is 54.0 Å². The van der Waals surface area contributed by atoms with Crippen LogP contribution >= 0.6 is 0 Å². The Morgan fingerprint density at radius 3 is 2.83 bits per heavy atom. The van der Waals surface area contributed by atoms with E-state index in [0.717, 1.165) is 18.0 Å². The van der Waals surface area contributed by atoms with Crippen LogP contribution in [0.1, 0.15) is 24.2 Å². The van der Waals surface area contributed by atoms with Crippen LogP contribution in [-0.2, 0) is 6.54 Å². The quantitative estimate of drug-likeness (QED) is 0.820. The standard InChI is InChI=1S/C15H14N2O/c16-10-12-3-1-4-14(9-12)17(13-6-7-13)11-15-5-2-8-18-15/h1-5,8-9,13H,6-7,11H2. The van der Waals surface area contributed by atoms with E-state index in [9.17, 15) is 0 Å². The average molecular weight is 238 g/mol. The molecule has 1 aromatic carbocycles. The molecule has 0 N–H and O–H groups in total. The Hall–Kier alpha value is -2.21. The van der Waals surface area contributed by atoms with Crippen LogP contribution < -0.4 is 4.90 Å². The number of furan rings is 1. The van der Waals surface area contributed by atoms with Gasteiger partial charge in [0, 0.05) is 11.7 Å². The predicted molar refractivity (Wildman–Crippen MR) is 69.1 cm³/mol. The summed E-state index contributed by atoms with van der Waals surface area (Å²) in [5, 5.41) is 8.97. The molecule has 90 valence electrons. The lowest BCUT2D eigenvalue weighted by molar-refractivity contribution is 0.501. The maximum absolute atomic E-state index is 8.97. The molecular weight excluding hydrogens is 224 g/mol. The summed E-state index contributed by atoms with van der Waals surface area (Å²) in [6, 6.07) is 14.4. The molecule has 1 aliphatic carbocycles. The summed E-state index contributed by atoms with van der Waals surface area (Å²) in [5.74, 6) is 0.962. The largest absolute Gasteiger partial charge is 0.467 e. The van der Waals surface area contributed by atoms with Gasteiger partial charge >= 0.3 is 0 Å². The summed E-state index contributed by atoms with van der Waals surface area (Å²) in [4.78, 5) is 2.32. The molecule has 1 heterocycles. The SMILES string of the molecule is N#Cc1cccc(N(Cc2ccco2)C2CC2)c1. The van der Waals surface area contributed by atoms with Gasteiger partial charge < -0.3 is 9.32 Å². The molecule has 0 unspecified atom stereocenters. The topological polar surface area (TPSA) is 40.2 Å². The molecule has 1 aromatic heterocycles. The molecule has 0 saturated heterocycles. The van der Waals surface area contributed by atoms with Crippen molar-refractivity contribution in [3.8, 4) is 6.07 Å². The summed E-state index contributed by atoms with van der Waals surface area (Å²) in [7, 11) is 0. The molecule has 1 aliphatic rings. The van der Waals surface area contributed by atoms with Crippen molar-refractivity contribution in [2.24, 2.45) is 0 Å². The lowest BCUT2D eigenvalue weighted by Crippen LogP contribution is -2.24. The van der Waals surface area contributed by atoms with Gasteiger partial charge in [-0.2, -0.15) is 5.26 Å². The van der Waals surface area contributed by atoms with Crippen LogP contribution in [-0.4, -0.2) is 6.04 Å². The van der Waals surface area contributed by atoms with Gasteiger partial charge in [0.2, 0.25) is 0 Å². The third-order valence-electron chi connectivity index (χ3n) is 3.20. The molecule has 0 amide bonds. The number of anilines is 1. The maximum Gasteiger partial charge on any atom is 0.123 e. The van der Waals surface area contributed by atoms with Crippen molar-refractivity contribution in [1.82, 2.24) is 0 Å². The molecule has 0 aliphatic heterocycles. The van der Waals surface area contributed by atoms with Gasteiger partial charge in [0.05, 0.1) is 24.4 Å². The highest BCUT2D eigenvalue weighted by Crippen LogP contribution is 2.33. The lowest BCUT2D eigenvalue weighted by Gasteiger charge is -2.23. The Morgan fingerprint density at radius 1 is 1.28 bits per heavy atom. The van der Waals surface area contributed by atoms with Crippen LogP contribution in [0.2, 0.25) is 0 Å². The zero-order valence-corrected chi connectivity index (χ0v) is 10.0. The molecular formula is C15H14N2O. The summed E-state index contributed by atoms with van der Waals surface area (Å²) >= 11 is 0. The van der Waals surface area contributed by atoms with E-state index in [0.29, 0.717) is 11.6 Å². The lowest BCUT2D eigenvalue weighted by atomic mass is 10.2. The Labute approximate surface area is 106 Å². The van der Waals surface area contributed by atoms with E-state index >= 15 is 0 Å². The number of nitriles is 1. The molecule has 3 nitrogen and oxygen atoms in total. The monoisotopic (exact) mass is 238 g/mol. The minimum Gasteiger partial charge on any atom is -0.467 e. The smallest absolute Gasteiger partial charge is 0.123 e. The third-order valence-corrected chi connectivity index (χ3v) is 3.20. The summed E-state index contributed by atoms with van der Waals surface area (Å²) in [6.45, 7) is 0.770. The van der Waals surface area contributed by atoms with E-state index < -0.39 is 0 Å². The van der Waals surface area contributed by atoms with Crippen LogP contribution in [0, 0.1) is 11.3 Å². The van der Waals surface area contributed by atoms with E-state index in [-0.39, 0.29) is 0 Å². The predicted octanol–water partition coefficient (Wildman–Crippen LogP) is 3.32. The van der Waals surface area contributed by atoms with E-state index in [2.05, 4.69) is 17.0 Å². The van der Waals surface area contributed by atoms with Crippen LogP contribution in [0.4, 0.5) is 5.69 Å². The molecule has 0 radical (unpaired) electrons. The van der Waals surface area contributed by atoms with Crippen molar-refractivity contribution in [2.45, 2.75) is 25.4 Å². The molecule has 3 heteroatoms. The van der Waals surface area contributed by atoms with Gasteiger partial charge in [0.25, 0.3) is 0 Å². The van der Waals surface area contributed by atoms with E-state index in [4.69, 9.17) is 9.68 Å². The first-order valence-corrected chi connectivity index (χ1v) is 6.16. The minimum absolute atomic E-state index is 0.587. The van der Waals surface area contributed by atoms with Crippen LogP contribution in [0.25, 0.3) is 0 Å². The first-order valence-electron chi connectivity index (χ1n) is 6.16. The Morgan fingerprint density at radius 2 is 2.17 bits per heavy atom. The summed E-state index contributed by atoms with van der Waals surface area (Å²) < 4.78 is 5.41. The molecule has 18 heavy (non-hydrogen) atoms. The van der Waals surface area contributed by atoms with E-state index in [1.165, 1.54) is 12.8 Å². The van der Waals surface area contributed by atoms with Crippen molar-refractivity contribution in [2.75, 3.05) is 4.90 Å². The minimum atomic E-state index is 0.587. The zero-order valence-electron chi connectivity index (χ0n) is 10.0. The molecule has 1 saturated carbocycles. The highest BCUT2D eigenvalue weighted by molar-refractivity contribution is 5.53. The summed E-state index contributed by atoms with van der Waals surface area (Å²) in [6.07, 6.45) is 4.14. The first-order chi connectivity index (χ1) is 8.86. The molecule has 0 atom stereocenters. The van der Waals surface area contributed by atoms with Crippen molar-refractivity contribution in [3.63, 3.8) is 0 Å². The molecule has 0 spiro atoms. The van der Waals surface area contributed by atoms with Gasteiger partial charge in [-0.15, -0.1) is 0 Å². The van der Waals surface area contributed by atoms with Crippen LogP contribution in [0.3, 0.4) is 0 Å². The number of rotatable bonds is 4. The van der Waals surface area contributed by atoms with Crippen molar-refractivity contribution >= 4 is 5.69 Å². The Balaban J connectivity index is 1.87. The maximum atomic E-state index is 8.97. The second-order valence-electron chi connectivity index (χ2n) is 4.60. The van der Waals surface area contributed by atoms with Crippen LogP contribution in [0.5, 0.6) is 0 Å². The van der Waals surface area contributed by atoms with E-state index in [1.807, 2.05) is 30.3 Å². The highest BCUT2D eigenvalue weighted by Gasteiger charge is 2.29.